The molecule has 0 spiro atoms. The quantitative estimate of drug-likeness (QED) is 0.0579. The van der Waals surface area contributed by atoms with E-state index in [4.69, 9.17) is 0 Å². The maximum Gasteiger partial charge on any atom is 0.327 e. The smallest absolute Gasteiger partial charge is 0.327 e. The molecule has 5 aromatic rings. The van der Waals surface area contributed by atoms with Gasteiger partial charge in [-0.15, -0.1) is 0 Å². The van der Waals surface area contributed by atoms with Crippen molar-refractivity contribution in [3.63, 3.8) is 0 Å². The van der Waals surface area contributed by atoms with Crippen molar-refractivity contribution < 1.29 is 106 Å². The van der Waals surface area contributed by atoms with Crippen LogP contribution in [0.1, 0.15) is 41.7 Å². The molecule has 0 bridgehead atoms. The van der Waals surface area contributed by atoms with Gasteiger partial charge in [0, 0.05) is 57.2 Å². The monoisotopic (exact) mass is 1010 g/mol. The van der Waals surface area contributed by atoms with E-state index >= 15 is 0 Å². The first-order valence-corrected chi connectivity index (χ1v) is 14.7. The summed E-state index contributed by atoms with van der Waals surface area (Å²) in [6.45, 7) is 14.3. The fourth-order valence-electron chi connectivity index (χ4n) is 6.13. The van der Waals surface area contributed by atoms with Gasteiger partial charge >= 0.3 is 11.6 Å². The maximum atomic E-state index is 12.2. The number of nitrogens with zero attached hydrogens (tertiary/aromatic N) is 5. The van der Waals surface area contributed by atoms with E-state index < -0.39 is 0 Å². The van der Waals surface area contributed by atoms with Crippen molar-refractivity contribution >= 4 is 41.1 Å². The van der Waals surface area contributed by atoms with Gasteiger partial charge in [0.15, 0.2) is 0 Å². The van der Waals surface area contributed by atoms with Gasteiger partial charge in [0.25, 0.3) is 5.69 Å². The molecule has 0 saturated carbocycles. The van der Waals surface area contributed by atoms with Crippen LogP contribution in [0.25, 0.3) is 22.3 Å². The third-order valence-corrected chi connectivity index (χ3v) is 8.00. The summed E-state index contributed by atoms with van der Waals surface area (Å²) in [5.41, 5.74) is 10.9. The van der Waals surface area contributed by atoms with Crippen LogP contribution in [0.4, 0.5) is 28.7 Å². The Bertz CT molecular complexity index is 1800. The minimum absolute atomic E-state index is 0. The maximum absolute atomic E-state index is 12.2. The summed E-state index contributed by atoms with van der Waals surface area (Å²) in [6.07, 6.45) is 7.58. The van der Waals surface area contributed by atoms with Gasteiger partial charge in [-0.25, -0.2) is 9.15 Å². The van der Waals surface area contributed by atoms with E-state index in [1.807, 2.05) is 69.6 Å². The first kappa shape index (κ1) is 49.7. The van der Waals surface area contributed by atoms with Gasteiger partial charge in [0.2, 0.25) is 0 Å². The number of halogens is 4. The van der Waals surface area contributed by atoms with Gasteiger partial charge in [0.1, 0.15) is 23.8 Å². The molecular weight excluding hydrogens is 983 g/mol. The van der Waals surface area contributed by atoms with Gasteiger partial charge in [-0.05, 0) is 145 Å². The standard InChI is InChI=1S/C37H37N5O2.4BrH.2Ni/c1-8-40(34-14-10-12-16-38-34)36-24(3)18-29(19-25(36)4)32-22-31(42(43)44)23-33(28(32)7)30-20-26(5)37(27(6)21-30)41(9-2)35-15-11-13-17-39-35;;;;;;/h8-23H,1-7H3;4*1H;;/q+2;;;;;;/p-4. The van der Waals surface area contributed by atoms with E-state index in [1.165, 1.54) is 0 Å². The normalized spacial score (nSPS) is 10.5. The Labute approximate surface area is 356 Å². The van der Waals surface area contributed by atoms with Crippen LogP contribution >= 0.6 is 0 Å². The Kier molecular flexibility index (Phi) is 21.7. The minimum Gasteiger partial charge on any atom is -1.00 e. The Hall–Kier alpha value is -2.39. The van der Waals surface area contributed by atoms with Crippen LogP contribution in [0.2, 0.25) is 0 Å². The summed E-state index contributed by atoms with van der Waals surface area (Å²) in [7, 11) is 0. The molecule has 7 nitrogen and oxygen atoms in total. The zero-order chi connectivity index (χ0) is 31.5. The summed E-state index contributed by atoms with van der Waals surface area (Å²) in [6, 6.07) is 23.5. The van der Waals surface area contributed by atoms with Crippen molar-refractivity contribution in [2.45, 2.75) is 48.5 Å². The Morgan fingerprint density at radius 3 is 1.18 bits per heavy atom. The fourth-order valence-corrected chi connectivity index (χ4v) is 6.13. The molecule has 0 aliphatic heterocycles. The van der Waals surface area contributed by atoms with Gasteiger partial charge in [-0.3, -0.25) is 10.1 Å². The number of hydrogen-bond donors (Lipinski definition) is 0. The summed E-state index contributed by atoms with van der Waals surface area (Å²) in [5, 5.41) is 12.2. The third kappa shape index (κ3) is 10.4. The molecule has 272 valence electrons. The van der Waals surface area contributed by atoms with Gasteiger partial charge in [-0.1, -0.05) is 12.1 Å². The molecular formula is C37H37Br4N5Ni2O2-2. The van der Waals surface area contributed by atoms with Crippen LogP contribution in [0.5, 0.6) is 0 Å². The summed E-state index contributed by atoms with van der Waals surface area (Å²) in [5.74, 6) is 1.67. The van der Waals surface area contributed by atoms with Crippen LogP contribution in [0, 0.1) is 44.7 Å². The second-order valence-corrected chi connectivity index (χ2v) is 11.0. The van der Waals surface area contributed by atoms with Crippen molar-refractivity contribution in [3.8, 4) is 22.3 Å². The topological polar surface area (TPSA) is 74.9 Å². The van der Waals surface area contributed by atoms with Gasteiger partial charge in [0.05, 0.1) is 17.4 Å². The average molecular weight is 1020 g/mol. The fraction of sp³-hybridized carbons (Fsp3) is 0.189. The van der Waals surface area contributed by atoms with Crippen LogP contribution in [0.15, 0.2) is 85.2 Å². The number of non-ortho nitro benzene ring substituents is 1. The van der Waals surface area contributed by atoms with Crippen LogP contribution in [-0.4, -0.2) is 27.3 Å². The van der Waals surface area contributed by atoms with Crippen molar-refractivity contribution in [3.05, 3.63) is 123 Å². The molecule has 0 amide bonds. The zero-order valence-electron chi connectivity index (χ0n) is 28.4. The Morgan fingerprint density at radius 1 is 0.580 bits per heavy atom. The number of aromatic nitrogens is 2. The Morgan fingerprint density at radius 2 is 0.920 bits per heavy atom. The first-order chi connectivity index (χ1) is 21.1. The van der Waals surface area contributed by atoms with E-state index in [1.54, 1.807) is 24.5 Å². The van der Waals surface area contributed by atoms with Gasteiger partial charge in [-0.2, -0.15) is 0 Å². The second kappa shape index (κ2) is 21.9. The van der Waals surface area contributed by atoms with Gasteiger partial charge < -0.3 is 67.9 Å². The minimum atomic E-state index is -0.307. The first-order valence-electron chi connectivity index (χ1n) is 14.7. The Balaban J connectivity index is 0. The van der Waals surface area contributed by atoms with E-state index in [2.05, 4.69) is 71.1 Å². The number of aryl methyl sites for hydroxylation is 4. The molecule has 0 N–H and O–H groups in total. The number of nitro benzene ring substituents is 1. The average Bonchev–Trinajstić information content (AvgIpc) is 3.01. The van der Waals surface area contributed by atoms with Crippen LogP contribution < -0.4 is 77.1 Å². The van der Waals surface area contributed by atoms with E-state index in [9.17, 15) is 10.1 Å². The predicted molar refractivity (Wildman–Crippen MR) is 183 cm³/mol. The van der Waals surface area contributed by atoms with Crippen molar-refractivity contribution in [1.82, 2.24) is 19.1 Å². The molecule has 2 heterocycles. The molecule has 0 saturated heterocycles. The molecule has 5 rings (SSSR count). The second-order valence-electron chi connectivity index (χ2n) is 11.0. The third-order valence-electron chi connectivity index (χ3n) is 8.00. The van der Waals surface area contributed by atoms with Crippen molar-refractivity contribution in [2.75, 3.05) is 0 Å². The molecule has 0 atom stereocenters. The number of nitro groups is 1. The number of hydrogen-bond acceptors (Lipinski definition) is 4. The molecule has 0 aliphatic carbocycles. The number of pyridine rings is 2. The van der Waals surface area contributed by atoms with Crippen molar-refractivity contribution in [1.29, 1.82) is 0 Å². The van der Waals surface area contributed by atoms with Crippen molar-refractivity contribution in [2.24, 2.45) is 0 Å². The molecule has 50 heavy (non-hydrogen) atoms. The molecule has 0 fully saturated rings. The van der Waals surface area contributed by atoms with Crippen LogP contribution in [0.3, 0.4) is 0 Å². The molecule has 3 aromatic carbocycles. The zero-order valence-corrected chi connectivity index (χ0v) is 36.8. The summed E-state index contributed by atoms with van der Waals surface area (Å²) in [4.78, 5) is 21.0. The molecule has 0 aliphatic rings. The summed E-state index contributed by atoms with van der Waals surface area (Å²) < 4.78 is 4.16. The van der Waals surface area contributed by atoms with Crippen LogP contribution in [-0.2, 0) is 33.0 Å². The van der Waals surface area contributed by atoms with E-state index in [0.717, 1.165) is 73.1 Å². The molecule has 13 heteroatoms. The molecule has 0 radical (unpaired) electrons. The SMILES string of the molecule is CC=[N+](c1ccccn1)c1c(C)cc(-c2cc([N+](=O)[O-])cc(-c3cc(C)c([N+](=CC)c4ccccn4)c(C)c3)c2C)cc1C.[Br-].[Br-].[Br-].[Br-].[Ni].[Ni]. The van der Waals surface area contributed by atoms with E-state index in [-0.39, 0.29) is 112 Å². The number of benzene rings is 3. The molecule has 2 aromatic heterocycles. The largest absolute Gasteiger partial charge is 1.00 e. The number of rotatable bonds is 7. The van der Waals surface area contributed by atoms with E-state index in [0.29, 0.717) is 0 Å². The molecule has 0 unspecified atom stereocenters. The summed E-state index contributed by atoms with van der Waals surface area (Å²) >= 11 is 0. The predicted octanol–water partition coefficient (Wildman–Crippen LogP) is -2.88.